The van der Waals surface area contributed by atoms with Crippen LogP contribution in [0.25, 0.3) is 0 Å². The Labute approximate surface area is 126 Å². The Kier molecular flexibility index (Phi) is 6.99. The van der Waals surface area contributed by atoms with Crippen molar-refractivity contribution in [1.29, 1.82) is 0 Å². The molecule has 0 saturated heterocycles. The van der Waals surface area contributed by atoms with Crippen molar-refractivity contribution >= 4 is 11.8 Å². The molecule has 0 aliphatic heterocycles. The van der Waals surface area contributed by atoms with E-state index in [4.69, 9.17) is 4.42 Å². The zero-order chi connectivity index (χ0) is 15.8. The molecule has 0 aliphatic carbocycles. The molecule has 0 saturated carbocycles. The molecule has 0 bridgehead atoms. The Hall–Kier alpha value is -1.78. The van der Waals surface area contributed by atoms with E-state index in [1.54, 1.807) is 11.0 Å². The molecule has 1 rings (SSSR count). The molecule has 0 aromatic carbocycles. The molecule has 21 heavy (non-hydrogen) atoms. The summed E-state index contributed by atoms with van der Waals surface area (Å²) >= 11 is 0. The van der Waals surface area contributed by atoms with Gasteiger partial charge in [0, 0.05) is 26.1 Å². The number of hydrogen-bond acceptors (Lipinski definition) is 3. The largest absolute Gasteiger partial charge is 0.472 e. The fourth-order valence-electron chi connectivity index (χ4n) is 1.93. The van der Waals surface area contributed by atoms with E-state index in [1.165, 1.54) is 12.5 Å². The number of furan rings is 1. The first-order valence-electron chi connectivity index (χ1n) is 7.48. The number of amides is 2. The van der Waals surface area contributed by atoms with Crippen LogP contribution in [0.1, 0.15) is 44.5 Å². The minimum Gasteiger partial charge on any atom is -0.472 e. The van der Waals surface area contributed by atoms with Gasteiger partial charge in [0.05, 0.1) is 11.8 Å². The summed E-state index contributed by atoms with van der Waals surface area (Å²) in [4.78, 5) is 25.8. The Balaban J connectivity index is 2.54. The van der Waals surface area contributed by atoms with Crippen LogP contribution >= 0.6 is 0 Å². The van der Waals surface area contributed by atoms with Crippen LogP contribution in [0.3, 0.4) is 0 Å². The SMILES string of the molecule is CC(C)CNC(=O)CCN(CC(C)C)C(=O)c1ccoc1. The van der Waals surface area contributed by atoms with Crippen LogP contribution in [-0.4, -0.2) is 36.3 Å². The highest BCUT2D eigenvalue weighted by Gasteiger charge is 2.18. The van der Waals surface area contributed by atoms with Gasteiger partial charge in [0.15, 0.2) is 0 Å². The molecule has 0 aliphatic rings. The van der Waals surface area contributed by atoms with Crippen molar-refractivity contribution in [2.24, 2.45) is 11.8 Å². The maximum atomic E-state index is 12.4. The van der Waals surface area contributed by atoms with Crippen molar-refractivity contribution in [3.8, 4) is 0 Å². The molecular formula is C16H26N2O3. The second-order valence-electron chi connectivity index (χ2n) is 6.10. The normalized spacial score (nSPS) is 11.0. The fraction of sp³-hybridized carbons (Fsp3) is 0.625. The Morgan fingerprint density at radius 2 is 1.95 bits per heavy atom. The molecule has 1 aromatic rings. The van der Waals surface area contributed by atoms with Gasteiger partial charge in [-0.15, -0.1) is 0 Å². The molecule has 0 fully saturated rings. The van der Waals surface area contributed by atoms with Crippen LogP contribution < -0.4 is 5.32 Å². The molecule has 1 heterocycles. The molecule has 1 N–H and O–H groups in total. The highest BCUT2D eigenvalue weighted by atomic mass is 16.3. The third-order valence-electron chi connectivity index (χ3n) is 2.96. The van der Waals surface area contributed by atoms with Crippen LogP contribution in [0.2, 0.25) is 0 Å². The first-order valence-corrected chi connectivity index (χ1v) is 7.48. The van der Waals surface area contributed by atoms with E-state index in [1.807, 2.05) is 13.8 Å². The number of nitrogens with one attached hydrogen (secondary N) is 1. The van der Waals surface area contributed by atoms with Crippen LogP contribution in [0, 0.1) is 11.8 Å². The molecule has 5 heteroatoms. The lowest BCUT2D eigenvalue weighted by molar-refractivity contribution is -0.121. The summed E-state index contributed by atoms with van der Waals surface area (Å²) < 4.78 is 4.95. The van der Waals surface area contributed by atoms with E-state index in [2.05, 4.69) is 19.2 Å². The highest BCUT2D eigenvalue weighted by Crippen LogP contribution is 2.09. The summed E-state index contributed by atoms with van der Waals surface area (Å²) in [7, 11) is 0. The summed E-state index contributed by atoms with van der Waals surface area (Å²) in [6.45, 7) is 9.91. The van der Waals surface area contributed by atoms with Gasteiger partial charge in [-0.05, 0) is 17.9 Å². The first kappa shape index (κ1) is 17.3. The van der Waals surface area contributed by atoms with Crippen LogP contribution in [0.15, 0.2) is 23.0 Å². The average Bonchev–Trinajstić information content (AvgIpc) is 2.93. The first-order chi connectivity index (χ1) is 9.90. The maximum Gasteiger partial charge on any atom is 0.257 e. The maximum absolute atomic E-state index is 12.4. The number of carbonyl (C=O) groups is 2. The van der Waals surface area contributed by atoms with Crippen LogP contribution in [-0.2, 0) is 4.79 Å². The van der Waals surface area contributed by atoms with Gasteiger partial charge in [0.1, 0.15) is 6.26 Å². The van der Waals surface area contributed by atoms with Crippen molar-refractivity contribution in [2.75, 3.05) is 19.6 Å². The molecule has 2 amide bonds. The van der Waals surface area contributed by atoms with E-state index in [0.29, 0.717) is 43.5 Å². The monoisotopic (exact) mass is 294 g/mol. The molecular weight excluding hydrogens is 268 g/mol. The number of rotatable bonds is 8. The summed E-state index contributed by atoms with van der Waals surface area (Å²) in [6.07, 6.45) is 3.24. The van der Waals surface area contributed by atoms with E-state index in [9.17, 15) is 9.59 Å². The summed E-state index contributed by atoms with van der Waals surface area (Å²) in [5.41, 5.74) is 0.526. The zero-order valence-corrected chi connectivity index (χ0v) is 13.4. The van der Waals surface area contributed by atoms with Crippen molar-refractivity contribution in [3.05, 3.63) is 24.2 Å². The van der Waals surface area contributed by atoms with Crippen LogP contribution in [0.5, 0.6) is 0 Å². The third kappa shape index (κ3) is 6.47. The summed E-state index contributed by atoms with van der Waals surface area (Å²) in [5, 5.41) is 2.87. The second kappa shape index (κ2) is 8.49. The minimum atomic E-state index is -0.0888. The van der Waals surface area contributed by atoms with E-state index < -0.39 is 0 Å². The lowest BCUT2D eigenvalue weighted by Gasteiger charge is -2.24. The van der Waals surface area contributed by atoms with Crippen molar-refractivity contribution in [3.63, 3.8) is 0 Å². The number of carbonyl (C=O) groups excluding carboxylic acids is 2. The zero-order valence-electron chi connectivity index (χ0n) is 13.4. The molecule has 5 nitrogen and oxygen atoms in total. The van der Waals surface area contributed by atoms with Crippen molar-refractivity contribution in [1.82, 2.24) is 10.2 Å². The molecule has 0 unspecified atom stereocenters. The second-order valence-corrected chi connectivity index (χ2v) is 6.10. The van der Waals surface area contributed by atoms with Gasteiger partial charge in [-0.2, -0.15) is 0 Å². The molecule has 0 atom stereocenters. The van der Waals surface area contributed by atoms with Gasteiger partial charge in [0.2, 0.25) is 5.91 Å². The quantitative estimate of drug-likeness (QED) is 0.801. The standard InChI is InChI=1S/C16H26N2O3/c1-12(2)9-17-15(19)5-7-18(10-13(3)4)16(20)14-6-8-21-11-14/h6,8,11-13H,5,7,9-10H2,1-4H3,(H,17,19). The highest BCUT2D eigenvalue weighted by molar-refractivity contribution is 5.94. The van der Waals surface area contributed by atoms with Crippen LogP contribution in [0.4, 0.5) is 0 Å². The Morgan fingerprint density at radius 1 is 1.24 bits per heavy atom. The van der Waals surface area contributed by atoms with Gasteiger partial charge < -0.3 is 14.6 Å². The van der Waals surface area contributed by atoms with E-state index in [0.717, 1.165) is 0 Å². The number of nitrogens with zero attached hydrogens (tertiary/aromatic N) is 1. The molecule has 0 spiro atoms. The molecule has 0 radical (unpaired) electrons. The lowest BCUT2D eigenvalue weighted by atomic mass is 10.1. The molecule has 1 aromatic heterocycles. The van der Waals surface area contributed by atoms with E-state index >= 15 is 0 Å². The number of hydrogen-bond donors (Lipinski definition) is 1. The predicted molar refractivity (Wildman–Crippen MR) is 81.9 cm³/mol. The average molecular weight is 294 g/mol. The minimum absolute atomic E-state index is 0.0163. The molecule has 118 valence electrons. The van der Waals surface area contributed by atoms with Gasteiger partial charge in [-0.25, -0.2) is 0 Å². The topological polar surface area (TPSA) is 62.6 Å². The van der Waals surface area contributed by atoms with Gasteiger partial charge >= 0.3 is 0 Å². The summed E-state index contributed by atoms with van der Waals surface area (Å²) in [6, 6.07) is 1.65. The predicted octanol–water partition coefficient (Wildman–Crippen LogP) is 2.54. The fourth-order valence-corrected chi connectivity index (χ4v) is 1.93. The third-order valence-corrected chi connectivity index (χ3v) is 2.96. The van der Waals surface area contributed by atoms with E-state index in [-0.39, 0.29) is 11.8 Å². The van der Waals surface area contributed by atoms with Gasteiger partial charge in [-0.1, -0.05) is 27.7 Å². The smallest absolute Gasteiger partial charge is 0.257 e. The van der Waals surface area contributed by atoms with Crippen molar-refractivity contribution in [2.45, 2.75) is 34.1 Å². The van der Waals surface area contributed by atoms with Gasteiger partial charge in [0.25, 0.3) is 5.91 Å². The Bertz CT molecular complexity index is 438. The Morgan fingerprint density at radius 3 is 2.48 bits per heavy atom. The van der Waals surface area contributed by atoms with Crippen molar-refractivity contribution < 1.29 is 14.0 Å². The summed E-state index contributed by atoms with van der Waals surface area (Å²) in [5.74, 6) is 0.666. The van der Waals surface area contributed by atoms with Gasteiger partial charge in [-0.3, -0.25) is 9.59 Å². The lowest BCUT2D eigenvalue weighted by Crippen LogP contribution is -2.38.